The van der Waals surface area contributed by atoms with E-state index in [2.05, 4.69) is 30.8 Å². The number of fused-ring (bicyclic) bond motifs is 8. The van der Waals surface area contributed by atoms with Gasteiger partial charge < -0.3 is 19.8 Å². The van der Waals surface area contributed by atoms with Crippen molar-refractivity contribution in [2.75, 3.05) is 12.8 Å². The largest absolute Gasteiger partial charge is 0.496 e. The Bertz CT molecular complexity index is 1930. The van der Waals surface area contributed by atoms with E-state index < -0.39 is 5.82 Å². The summed E-state index contributed by atoms with van der Waals surface area (Å²) in [5, 5.41) is 1.60. The molecule has 0 atom stereocenters. The Labute approximate surface area is 203 Å². The minimum Gasteiger partial charge on any atom is -0.496 e. The van der Waals surface area contributed by atoms with Crippen LogP contribution >= 0.6 is 0 Å². The highest BCUT2D eigenvalue weighted by molar-refractivity contribution is 6.23. The normalized spacial score (nSPS) is 11.4. The van der Waals surface area contributed by atoms with E-state index in [0.29, 0.717) is 50.1 Å². The highest BCUT2D eigenvalue weighted by Gasteiger charge is 2.30. The SMILES string of the molecule is C#Cc1cc(OC)c2c3c(c4c(N)ncnc4n3C)c3c(F)cc(Oc4nccc(C)n4)c[n+]3c2n1. The first-order valence-corrected chi connectivity index (χ1v) is 10.8. The molecular formula is C25H18FN8O2+. The van der Waals surface area contributed by atoms with Crippen molar-refractivity contribution in [2.45, 2.75) is 6.92 Å². The molecule has 0 aliphatic rings. The quantitative estimate of drug-likeness (QED) is 0.233. The highest BCUT2D eigenvalue weighted by Crippen LogP contribution is 2.40. The molecule has 0 aromatic carbocycles. The Hall–Kier alpha value is -5.11. The molecule has 10 nitrogen and oxygen atoms in total. The summed E-state index contributed by atoms with van der Waals surface area (Å²) in [4.78, 5) is 21.5. The summed E-state index contributed by atoms with van der Waals surface area (Å²) in [6.07, 6.45) is 10.2. The maximum Gasteiger partial charge on any atom is 0.343 e. The molecular weight excluding hydrogens is 463 g/mol. The van der Waals surface area contributed by atoms with Gasteiger partial charge in [0, 0.05) is 31.1 Å². The molecule has 0 radical (unpaired) electrons. The number of halogens is 1. The van der Waals surface area contributed by atoms with Crippen LogP contribution in [-0.4, -0.2) is 36.6 Å². The van der Waals surface area contributed by atoms with Crippen molar-refractivity contribution >= 4 is 44.3 Å². The summed E-state index contributed by atoms with van der Waals surface area (Å²) in [6.45, 7) is 1.80. The number of nitrogens with zero attached hydrogens (tertiary/aromatic N) is 7. The predicted octanol–water partition coefficient (Wildman–Crippen LogP) is 3.01. The summed E-state index contributed by atoms with van der Waals surface area (Å²) in [7, 11) is 3.34. The third-order valence-electron chi connectivity index (χ3n) is 6.00. The number of aromatic nitrogens is 7. The molecule has 176 valence electrons. The van der Waals surface area contributed by atoms with Crippen LogP contribution in [0.15, 0.2) is 36.9 Å². The lowest BCUT2D eigenvalue weighted by Crippen LogP contribution is -2.26. The standard InChI is InChI=1S/C25H18FN8O2/c1-5-13-8-16(35-4)17-21-18(19-22(27)29-11-30-23(19)33(21)3)20-15(26)9-14(10-34(20)24(17)32-13)36-25-28-7-6-12(2)31-25/h1,6-11H,2-4H3,(H2,27,29,30)/q+1. The first kappa shape index (κ1) is 21.4. The topological polar surface area (TPSA) is 118 Å². The zero-order valence-corrected chi connectivity index (χ0v) is 19.4. The van der Waals surface area contributed by atoms with Gasteiger partial charge in [-0.05, 0) is 23.9 Å². The van der Waals surface area contributed by atoms with Gasteiger partial charge in [0.1, 0.15) is 35.1 Å². The lowest BCUT2D eigenvalue weighted by Gasteiger charge is -2.10. The summed E-state index contributed by atoms with van der Waals surface area (Å²) >= 11 is 0. The Morgan fingerprint density at radius 2 is 1.97 bits per heavy atom. The van der Waals surface area contributed by atoms with Gasteiger partial charge in [-0.25, -0.2) is 24.3 Å². The molecule has 0 bridgehead atoms. The molecule has 0 fully saturated rings. The number of anilines is 1. The molecule has 0 spiro atoms. The van der Waals surface area contributed by atoms with Gasteiger partial charge in [0.05, 0.1) is 23.4 Å². The summed E-state index contributed by atoms with van der Waals surface area (Å²) in [5.74, 6) is 2.78. The fourth-order valence-electron chi connectivity index (χ4n) is 4.52. The molecule has 0 aliphatic carbocycles. The molecule has 6 aromatic heterocycles. The van der Waals surface area contributed by atoms with E-state index in [0.717, 1.165) is 0 Å². The Kier molecular flexibility index (Phi) is 4.59. The number of pyridine rings is 3. The van der Waals surface area contributed by atoms with Crippen LogP contribution in [0.5, 0.6) is 17.5 Å². The maximum absolute atomic E-state index is 16.0. The van der Waals surface area contributed by atoms with Crippen LogP contribution in [0.1, 0.15) is 11.4 Å². The van der Waals surface area contributed by atoms with Crippen molar-refractivity contribution in [3.05, 3.63) is 54.1 Å². The second-order valence-corrected chi connectivity index (χ2v) is 8.12. The minimum atomic E-state index is -0.588. The molecule has 0 aliphatic heterocycles. The first-order chi connectivity index (χ1) is 17.4. The van der Waals surface area contributed by atoms with Gasteiger partial charge >= 0.3 is 11.7 Å². The van der Waals surface area contributed by atoms with Gasteiger partial charge in [-0.15, -0.1) is 6.42 Å². The number of methoxy groups -OCH3 is 1. The molecule has 2 N–H and O–H groups in total. The van der Waals surface area contributed by atoms with Crippen LogP contribution in [0, 0.1) is 25.1 Å². The third kappa shape index (κ3) is 2.98. The monoisotopic (exact) mass is 481 g/mol. The van der Waals surface area contributed by atoms with E-state index >= 15 is 4.39 Å². The van der Waals surface area contributed by atoms with Gasteiger partial charge in [0.2, 0.25) is 5.69 Å². The van der Waals surface area contributed by atoms with Gasteiger partial charge in [0.25, 0.3) is 0 Å². The lowest BCUT2D eigenvalue weighted by molar-refractivity contribution is -0.485. The average Bonchev–Trinajstić information content (AvgIpc) is 3.16. The van der Waals surface area contributed by atoms with E-state index in [1.54, 1.807) is 35.9 Å². The number of nitrogen functional groups attached to an aromatic ring is 1. The van der Waals surface area contributed by atoms with Crippen molar-refractivity contribution in [2.24, 2.45) is 7.05 Å². The fraction of sp³-hybridized carbons (Fsp3) is 0.120. The van der Waals surface area contributed by atoms with Crippen molar-refractivity contribution in [1.82, 2.24) is 29.5 Å². The van der Waals surface area contributed by atoms with Gasteiger partial charge in [-0.2, -0.15) is 4.40 Å². The molecule has 11 heteroatoms. The lowest BCUT2D eigenvalue weighted by atomic mass is 10.1. The van der Waals surface area contributed by atoms with Crippen LogP contribution in [0.4, 0.5) is 10.2 Å². The summed E-state index contributed by atoms with van der Waals surface area (Å²) < 4.78 is 30.9. The molecule has 36 heavy (non-hydrogen) atoms. The molecule has 0 amide bonds. The first-order valence-electron chi connectivity index (χ1n) is 10.8. The van der Waals surface area contributed by atoms with Gasteiger partial charge in [-0.3, -0.25) is 0 Å². The third-order valence-corrected chi connectivity index (χ3v) is 6.00. The Morgan fingerprint density at radius 1 is 1.14 bits per heavy atom. The van der Waals surface area contributed by atoms with Gasteiger partial charge in [-0.1, -0.05) is 0 Å². The smallest absolute Gasteiger partial charge is 0.343 e. The van der Waals surface area contributed by atoms with E-state index in [-0.39, 0.29) is 23.1 Å². The second kappa shape index (κ2) is 7.71. The number of aryl methyl sites for hydroxylation is 2. The zero-order valence-electron chi connectivity index (χ0n) is 19.4. The molecule has 0 saturated heterocycles. The number of terminal acetylenes is 1. The van der Waals surface area contributed by atoms with Crippen molar-refractivity contribution in [1.29, 1.82) is 0 Å². The fourth-order valence-corrected chi connectivity index (χ4v) is 4.52. The Balaban J connectivity index is 1.84. The highest BCUT2D eigenvalue weighted by atomic mass is 19.1. The molecule has 0 saturated carbocycles. The Morgan fingerprint density at radius 3 is 2.72 bits per heavy atom. The molecule has 6 aromatic rings. The van der Waals surface area contributed by atoms with E-state index in [4.69, 9.17) is 21.6 Å². The van der Waals surface area contributed by atoms with Crippen molar-refractivity contribution < 1.29 is 18.3 Å². The number of ether oxygens (including phenoxy) is 2. The zero-order chi connectivity index (χ0) is 25.1. The van der Waals surface area contributed by atoms with Crippen molar-refractivity contribution in [3.8, 4) is 29.9 Å². The molecule has 6 heterocycles. The predicted molar refractivity (Wildman–Crippen MR) is 130 cm³/mol. The molecule has 6 rings (SSSR count). The van der Waals surface area contributed by atoms with Crippen molar-refractivity contribution in [3.63, 3.8) is 0 Å². The van der Waals surface area contributed by atoms with Crippen LogP contribution in [-0.2, 0) is 7.05 Å². The number of rotatable bonds is 3. The maximum atomic E-state index is 16.0. The molecule has 0 unspecified atom stereocenters. The summed E-state index contributed by atoms with van der Waals surface area (Å²) in [5.41, 5.74) is 9.01. The van der Waals surface area contributed by atoms with E-state index in [1.165, 1.54) is 19.5 Å². The van der Waals surface area contributed by atoms with Gasteiger partial charge in [0.15, 0.2) is 17.1 Å². The average molecular weight is 481 g/mol. The minimum absolute atomic E-state index is 0.0809. The summed E-state index contributed by atoms with van der Waals surface area (Å²) in [6, 6.07) is 4.72. The van der Waals surface area contributed by atoms with Crippen LogP contribution in [0.2, 0.25) is 0 Å². The second-order valence-electron chi connectivity index (χ2n) is 8.12. The van der Waals surface area contributed by atoms with Crippen LogP contribution < -0.4 is 19.6 Å². The number of hydrogen-bond donors (Lipinski definition) is 1. The van der Waals surface area contributed by atoms with Crippen LogP contribution in [0.3, 0.4) is 0 Å². The van der Waals surface area contributed by atoms with Crippen LogP contribution in [0.25, 0.3) is 38.5 Å². The van der Waals surface area contributed by atoms with E-state index in [9.17, 15) is 0 Å². The number of nitrogens with two attached hydrogens (primary N) is 1. The number of hydrogen-bond acceptors (Lipinski definition) is 8. The van der Waals surface area contributed by atoms with E-state index in [1.807, 2.05) is 11.6 Å².